The first kappa shape index (κ1) is 11.3. The minimum absolute atomic E-state index is 0.0267. The van der Waals surface area contributed by atoms with Crippen LogP contribution in [-0.4, -0.2) is 23.5 Å². The summed E-state index contributed by atoms with van der Waals surface area (Å²) in [5, 5.41) is 7.05. The van der Waals surface area contributed by atoms with Gasteiger partial charge in [0, 0.05) is 11.4 Å². The molecule has 1 aliphatic heterocycles. The van der Waals surface area contributed by atoms with Crippen LogP contribution in [0.5, 0.6) is 0 Å². The van der Waals surface area contributed by atoms with Crippen molar-refractivity contribution in [3.63, 3.8) is 0 Å². The quantitative estimate of drug-likeness (QED) is 0.612. The average Bonchev–Trinajstić information content (AvgIpc) is 2.76. The predicted octanol–water partition coefficient (Wildman–Crippen LogP) is 2.94. The summed E-state index contributed by atoms with van der Waals surface area (Å²) in [6.45, 7) is 0.504. The number of hydrogen-bond acceptors (Lipinski definition) is 4. The zero-order chi connectivity index (χ0) is 11.4. The topological polar surface area (TPSA) is 34.0 Å². The fourth-order valence-corrected chi connectivity index (χ4v) is 1.68. The number of hydrogen-bond donors (Lipinski definition) is 0. The highest BCUT2D eigenvalue weighted by atomic mass is 35.5. The van der Waals surface area contributed by atoms with Crippen LogP contribution < -0.4 is 0 Å². The lowest BCUT2D eigenvalue weighted by molar-refractivity contribution is 0.0924. The van der Waals surface area contributed by atoms with Crippen LogP contribution >= 0.6 is 23.8 Å². The van der Waals surface area contributed by atoms with Crippen LogP contribution in [0.15, 0.2) is 34.4 Å². The summed E-state index contributed by atoms with van der Waals surface area (Å²) >= 11 is 10.3. The van der Waals surface area contributed by atoms with Gasteiger partial charge in [-0.3, -0.25) is 0 Å². The molecule has 0 saturated carbocycles. The molecule has 1 aliphatic rings. The van der Waals surface area contributed by atoms with E-state index in [9.17, 15) is 0 Å². The van der Waals surface area contributed by atoms with E-state index in [1.165, 1.54) is 0 Å². The van der Waals surface area contributed by atoms with Gasteiger partial charge in [0.1, 0.15) is 0 Å². The summed E-state index contributed by atoms with van der Waals surface area (Å²) in [6.07, 6.45) is 0.712. The van der Waals surface area contributed by atoms with Crippen molar-refractivity contribution >= 4 is 34.7 Å². The van der Waals surface area contributed by atoms with E-state index in [2.05, 4.69) is 27.5 Å². The molecule has 0 bridgehead atoms. The second kappa shape index (κ2) is 5.21. The van der Waals surface area contributed by atoms with E-state index < -0.39 is 0 Å². The van der Waals surface area contributed by atoms with E-state index in [0.29, 0.717) is 11.6 Å². The molecule has 0 aliphatic carbocycles. The van der Waals surface area contributed by atoms with Gasteiger partial charge in [-0.05, 0) is 29.9 Å². The van der Waals surface area contributed by atoms with Crippen LogP contribution in [0, 0.1) is 0 Å². The molecule has 16 heavy (non-hydrogen) atoms. The SMILES string of the molecule is S=C=NCC1CC(c2ccc(Cl)cc2)=NO1. The summed E-state index contributed by atoms with van der Waals surface area (Å²) in [4.78, 5) is 9.07. The summed E-state index contributed by atoms with van der Waals surface area (Å²) in [7, 11) is 0. The highest BCUT2D eigenvalue weighted by molar-refractivity contribution is 7.78. The summed E-state index contributed by atoms with van der Waals surface area (Å²) in [6, 6.07) is 7.52. The zero-order valence-corrected chi connectivity index (χ0v) is 9.96. The molecular weight excluding hydrogens is 244 g/mol. The third-order valence-corrected chi connectivity index (χ3v) is 2.65. The molecule has 3 nitrogen and oxygen atoms in total. The number of rotatable bonds is 3. The number of nitrogens with zero attached hydrogens (tertiary/aromatic N) is 2. The molecule has 0 N–H and O–H groups in total. The Labute approximate surface area is 104 Å². The number of aliphatic imine (C=N–C) groups is 1. The van der Waals surface area contributed by atoms with Gasteiger partial charge in [-0.15, -0.1) is 0 Å². The predicted molar refractivity (Wildman–Crippen MR) is 67.4 cm³/mol. The Morgan fingerprint density at radius 2 is 2.25 bits per heavy atom. The van der Waals surface area contributed by atoms with Crippen molar-refractivity contribution in [2.75, 3.05) is 6.54 Å². The van der Waals surface area contributed by atoms with Crippen molar-refractivity contribution in [1.29, 1.82) is 0 Å². The van der Waals surface area contributed by atoms with Gasteiger partial charge in [0.15, 0.2) is 6.10 Å². The first-order chi connectivity index (χ1) is 7.79. The minimum Gasteiger partial charge on any atom is -0.390 e. The number of benzene rings is 1. The molecule has 1 heterocycles. The molecule has 0 amide bonds. The molecule has 0 saturated heterocycles. The highest BCUT2D eigenvalue weighted by Crippen LogP contribution is 2.18. The van der Waals surface area contributed by atoms with Crippen molar-refractivity contribution < 1.29 is 4.84 Å². The van der Waals surface area contributed by atoms with Crippen LogP contribution in [0.4, 0.5) is 0 Å². The van der Waals surface area contributed by atoms with Gasteiger partial charge in [-0.1, -0.05) is 28.9 Å². The number of oxime groups is 1. The van der Waals surface area contributed by atoms with Crippen LogP contribution in [0.3, 0.4) is 0 Å². The van der Waals surface area contributed by atoms with Gasteiger partial charge in [-0.25, -0.2) is 4.99 Å². The van der Waals surface area contributed by atoms with E-state index >= 15 is 0 Å². The van der Waals surface area contributed by atoms with Gasteiger partial charge in [-0.2, -0.15) is 0 Å². The molecule has 0 spiro atoms. The van der Waals surface area contributed by atoms with Crippen LogP contribution in [0.1, 0.15) is 12.0 Å². The van der Waals surface area contributed by atoms with Crippen molar-refractivity contribution in [2.45, 2.75) is 12.5 Å². The van der Waals surface area contributed by atoms with E-state index in [1.54, 1.807) is 0 Å². The maximum absolute atomic E-state index is 5.81. The molecule has 1 atom stereocenters. The molecule has 1 unspecified atom stereocenters. The zero-order valence-electron chi connectivity index (χ0n) is 8.39. The Morgan fingerprint density at radius 1 is 1.50 bits per heavy atom. The lowest BCUT2D eigenvalue weighted by Crippen LogP contribution is -2.11. The largest absolute Gasteiger partial charge is 0.390 e. The van der Waals surface area contributed by atoms with Gasteiger partial charge >= 0.3 is 0 Å². The van der Waals surface area contributed by atoms with Crippen molar-refractivity contribution in [3.05, 3.63) is 34.9 Å². The fourth-order valence-electron chi connectivity index (χ4n) is 1.48. The molecular formula is C11H9ClN2OS. The lowest BCUT2D eigenvalue weighted by Gasteiger charge is -2.02. The van der Waals surface area contributed by atoms with Crippen LogP contribution in [-0.2, 0) is 4.84 Å². The Hall–Kier alpha value is -1.22. The summed E-state index contributed by atoms with van der Waals surface area (Å²) in [5.41, 5.74) is 1.94. The maximum Gasteiger partial charge on any atom is 0.153 e. The summed E-state index contributed by atoms with van der Waals surface area (Å²) in [5.74, 6) is 0. The molecule has 0 radical (unpaired) electrons. The average molecular weight is 253 g/mol. The molecule has 0 aromatic heterocycles. The van der Waals surface area contributed by atoms with Crippen molar-refractivity contribution in [1.82, 2.24) is 0 Å². The van der Waals surface area contributed by atoms with Crippen LogP contribution in [0.25, 0.3) is 0 Å². The maximum atomic E-state index is 5.81. The Morgan fingerprint density at radius 3 is 2.94 bits per heavy atom. The lowest BCUT2D eigenvalue weighted by atomic mass is 10.1. The Balaban J connectivity index is 2.02. The third-order valence-electron chi connectivity index (χ3n) is 2.27. The third kappa shape index (κ3) is 2.67. The first-order valence-corrected chi connectivity index (χ1v) is 5.60. The first-order valence-electron chi connectivity index (χ1n) is 4.82. The monoisotopic (exact) mass is 252 g/mol. The molecule has 5 heteroatoms. The second-order valence-electron chi connectivity index (χ2n) is 3.41. The molecule has 0 fully saturated rings. The Kier molecular flexibility index (Phi) is 3.67. The smallest absolute Gasteiger partial charge is 0.153 e. The molecule has 1 aromatic rings. The molecule has 82 valence electrons. The fraction of sp³-hybridized carbons (Fsp3) is 0.273. The van der Waals surface area contributed by atoms with Gasteiger partial charge < -0.3 is 4.84 Å². The van der Waals surface area contributed by atoms with Gasteiger partial charge in [0.2, 0.25) is 0 Å². The van der Waals surface area contributed by atoms with E-state index in [0.717, 1.165) is 17.7 Å². The van der Waals surface area contributed by atoms with Crippen molar-refractivity contribution in [3.8, 4) is 0 Å². The van der Waals surface area contributed by atoms with Crippen molar-refractivity contribution in [2.24, 2.45) is 10.1 Å². The number of thiocarbonyl (C=S) groups is 1. The summed E-state index contributed by atoms with van der Waals surface area (Å²) < 4.78 is 0. The van der Waals surface area contributed by atoms with Crippen LogP contribution in [0.2, 0.25) is 5.02 Å². The highest BCUT2D eigenvalue weighted by Gasteiger charge is 2.21. The number of halogens is 1. The minimum atomic E-state index is -0.0267. The Bertz CT molecular complexity index is 452. The number of isothiocyanates is 1. The van der Waals surface area contributed by atoms with E-state index in [4.69, 9.17) is 16.4 Å². The standard InChI is InChI=1S/C11H9ClN2OS/c12-9-3-1-8(2-4-9)11-5-10(15-14-11)6-13-7-16/h1-4,10H,5-6H2. The molecule has 2 rings (SSSR count). The van der Waals surface area contributed by atoms with Gasteiger partial charge in [0.05, 0.1) is 17.4 Å². The van der Waals surface area contributed by atoms with Gasteiger partial charge in [0.25, 0.3) is 0 Å². The molecule has 1 aromatic carbocycles. The van der Waals surface area contributed by atoms with E-state index in [-0.39, 0.29) is 6.10 Å². The van der Waals surface area contributed by atoms with E-state index in [1.807, 2.05) is 24.3 Å². The second-order valence-corrected chi connectivity index (χ2v) is 4.03. The normalized spacial score (nSPS) is 18.6.